The third-order valence-electron chi connectivity index (χ3n) is 5.93. The first-order valence-corrected chi connectivity index (χ1v) is 12.5. The van der Waals surface area contributed by atoms with Crippen LogP contribution in [0.2, 0.25) is 0 Å². The Morgan fingerprint density at radius 1 is 1.13 bits per heavy atom. The summed E-state index contributed by atoms with van der Waals surface area (Å²) < 4.78 is 26.0. The van der Waals surface area contributed by atoms with Crippen LogP contribution in [-0.4, -0.2) is 47.9 Å². The minimum atomic E-state index is -3.03. The Labute approximate surface area is 177 Å². The van der Waals surface area contributed by atoms with E-state index in [4.69, 9.17) is 0 Å². The van der Waals surface area contributed by atoms with Gasteiger partial charge in [0.1, 0.15) is 0 Å². The number of carbonyl (C=O) groups excluding carboxylic acids is 1. The van der Waals surface area contributed by atoms with E-state index in [-0.39, 0.29) is 23.5 Å². The van der Waals surface area contributed by atoms with Gasteiger partial charge < -0.3 is 9.47 Å². The molecular formula is C24H28N2O3S. The number of rotatable bonds is 6. The minimum Gasteiger partial charge on any atom is -0.341 e. The average molecular weight is 425 g/mol. The van der Waals surface area contributed by atoms with E-state index in [1.54, 1.807) is 11.0 Å². The van der Waals surface area contributed by atoms with Gasteiger partial charge in [0.2, 0.25) is 5.91 Å². The standard InChI is InChI=1S/C24H28N2O3S/c1-3-14-26(19-13-15-30(28,29)17-19)24(27)12-10-18-9-11-23-21(16-18)20-7-5-6-8-22(20)25(23)4-2/h5-12,16,19H,3-4,13-15,17H2,1-2H3/b12-10+. The molecule has 5 nitrogen and oxygen atoms in total. The van der Waals surface area contributed by atoms with Gasteiger partial charge in [-0.3, -0.25) is 4.79 Å². The summed E-state index contributed by atoms with van der Waals surface area (Å²) >= 11 is 0. The lowest BCUT2D eigenvalue weighted by Crippen LogP contribution is -2.40. The number of aromatic nitrogens is 1. The van der Waals surface area contributed by atoms with Gasteiger partial charge in [0.15, 0.2) is 9.84 Å². The summed E-state index contributed by atoms with van der Waals surface area (Å²) in [5.74, 6) is 0.136. The van der Waals surface area contributed by atoms with Crippen molar-refractivity contribution in [1.29, 1.82) is 0 Å². The predicted octanol–water partition coefficient (Wildman–Crippen LogP) is 4.25. The summed E-state index contributed by atoms with van der Waals surface area (Å²) in [6, 6.07) is 14.4. The lowest BCUT2D eigenvalue weighted by atomic mass is 10.1. The summed E-state index contributed by atoms with van der Waals surface area (Å²) in [5.41, 5.74) is 3.36. The zero-order valence-electron chi connectivity index (χ0n) is 17.5. The molecule has 0 aliphatic carbocycles. The van der Waals surface area contributed by atoms with E-state index in [0.29, 0.717) is 13.0 Å². The molecule has 0 bridgehead atoms. The maximum absolute atomic E-state index is 12.9. The molecule has 1 unspecified atom stereocenters. The highest BCUT2D eigenvalue weighted by Crippen LogP contribution is 2.30. The molecule has 158 valence electrons. The highest BCUT2D eigenvalue weighted by atomic mass is 32.2. The fourth-order valence-corrected chi connectivity index (χ4v) is 6.24. The van der Waals surface area contributed by atoms with Gasteiger partial charge in [-0.2, -0.15) is 0 Å². The lowest BCUT2D eigenvalue weighted by Gasteiger charge is -2.26. The second-order valence-electron chi connectivity index (χ2n) is 7.96. The molecule has 1 aliphatic heterocycles. The fraction of sp³-hybridized carbons (Fsp3) is 0.375. The maximum atomic E-state index is 12.9. The van der Waals surface area contributed by atoms with Crippen LogP contribution in [0.4, 0.5) is 0 Å². The monoisotopic (exact) mass is 424 g/mol. The number of fused-ring (bicyclic) bond motifs is 3. The highest BCUT2D eigenvalue weighted by molar-refractivity contribution is 7.91. The van der Waals surface area contributed by atoms with E-state index in [2.05, 4.69) is 41.8 Å². The van der Waals surface area contributed by atoms with Crippen LogP contribution in [0.1, 0.15) is 32.3 Å². The van der Waals surface area contributed by atoms with E-state index in [9.17, 15) is 13.2 Å². The average Bonchev–Trinajstić information content (AvgIpc) is 3.26. The van der Waals surface area contributed by atoms with E-state index < -0.39 is 9.84 Å². The maximum Gasteiger partial charge on any atom is 0.246 e. The molecule has 0 radical (unpaired) electrons. The van der Waals surface area contributed by atoms with Crippen LogP contribution in [0, 0.1) is 0 Å². The van der Waals surface area contributed by atoms with Crippen LogP contribution in [0.15, 0.2) is 48.5 Å². The van der Waals surface area contributed by atoms with Gasteiger partial charge in [-0.15, -0.1) is 0 Å². The lowest BCUT2D eigenvalue weighted by molar-refractivity contribution is -0.127. The van der Waals surface area contributed by atoms with Crippen molar-refractivity contribution in [2.24, 2.45) is 0 Å². The number of hydrogen-bond donors (Lipinski definition) is 0. The van der Waals surface area contributed by atoms with Crippen LogP contribution in [0.3, 0.4) is 0 Å². The molecule has 1 amide bonds. The molecule has 1 aliphatic rings. The van der Waals surface area contributed by atoms with Gasteiger partial charge >= 0.3 is 0 Å². The molecule has 3 aromatic rings. The van der Waals surface area contributed by atoms with Gasteiger partial charge in [-0.25, -0.2) is 8.42 Å². The number of aryl methyl sites for hydroxylation is 1. The van der Waals surface area contributed by atoms with Crippen molar-refractivity contribution in [3.05, 3.63) is 54.1 Å². The molecule has 2 aromatic carbocycles. The first-order chi connectivity index (χ1) is 14.4. The Morgan fingerprint density at radius 3 is 2.60 bits per heavy atom. The number of sulfone groups is 1. The van der Waals surface area contributed by atoms with Crippen molar-refractivity contribution >= 4 is 43.6 Å². The fourth-order valence-electron chi connectivity index (χ4n) is 4.51. The third kappa shape index (κ3) is 3.88. The van der Waals surface area contributed by atoms with E-state index in [1.807, 2.05) is 25.1 Å². The van der Waals surface area contributed by atoms with Crippen molar-refractivity contribution in [1.82, 2.24) is 9.47 Å². The highest BCUT2D eigenvalue weighted by Gasteiger charge is 2.33. The summed E-state index contributed by atoms with van der Waals surface area (Å²) in [6.07, 6.45) is 4.76. The first kappa shape index (κ1) is 20.7. The Bertz CT molecular complexity index is 1220. The molecule has 2 heterocycles. The van der Waals surface area contributed by atoms with Crippen LogP contribution in [-0.2, 0) is 21.2 Å². The number of amides is 1. The second-order valence-corrected chi connectivity index (χ2v) is 10.2. The van der Waals surface area contributed by atoms with Gasteiger partial charge in [0, 0.05) is 47.0 Å². The normalized spacial score (nSPS) is 18.5. The Balaban J connectivity index is 1.62. The Kier molecular flexibility index (Phi) is 5.69. The quantitative estimate of drug-likeness (QED) is 0.556. The number of hydrogen-bond acceptors (Lipinski definition) is 3. The minimum absolute atomic E-state index is 0.0784. The van der Waals surface area contributed by atoms with Crippen LogP contribution in [0.25, 0.3) is 27.9 Å². The Morgan fingerprint density at radius 2 is 1.90 bits per heavy atom. The SMILES string of the molecule is CCCN(C(=O)/C=C/c1ccc2c(c1)c1ccccc1n2CC)C1CCS(=O)(=O)C1. The molecule has 4 rings (SSSR count). The second kappa shape index (κ2) is 8.26. The molecule has 1 saturated heterocycles. The molecule has 0 spiro atoms. The number of benzene rings is 2. The zero-order valence-corrected chi connectivity index (χ0v) is 18.4. The van der Waals surface area contributed by atoms with E-state index in [0.717, 1.165) is 18.5 Å². The molecule has 1 aromatic heterocycles. The summed E-state index contributed by atoms with van der Waals surface area (Å²) in [4.78, 5) is 14.6. The van der Waals surface area contributed by atoms with Crippen molar-refractivity contribution in [3.8, 4) is 0 Å². The first-order valence-electron chi connectivity index (χ1n) is 10.6. The van der Waals surface area contributed by atoms with Gasteiger partial charge in [0.05, 0.1) is 11.5 Å². The number of carbonyl (C=O) groups is 1. The predicted molar refractivity (Wildman–Crippen MR) is 123 cm³/mol. The van der Waals surface area contributed by atoms with Crippen molar-refractivity contribution in [3.63, 3.8) is 0 Å². The van der Waals surface area contributed by atoms with Crippen LogP contribution < -0.4 is 0 Å². The number of nitrogens with zero attached hydrogens (tertiary/aromatic N) is 2. The molecule has 30 heavy (non-hydrogen) atoms. The van der Waals surface area contributed by atoms with Gasteiger partial charge in [0.25, 0.3) is 0 Å². The largest absolute Gasteiger partial charge is 0.341 e. The number of para-hydroxylation sites is 1. The third-order valence-corrected chi connectivity index (χ3v) is 7.68. The van der Waals surface area contributed by atoms with Crippen LogP contribution in [0.5, 0.6) is 0 Å². The van der Waals surface area contributed by atoms with Crippen LogP contribution >= 0.6 is 0 Å². The summed E-state index contributed by atoms with van der Waals surface area (Å²) in [5, 5.41) is 2.38. The molecule has 1 atom stereocenters. The smallest absolute Gasteiger partial charge is 0.246 e. The topological polar surface area (TPSA) is 59.4 Å². The van der Waals surface area contributed by atoms with Gasteiger partial charge in [-0.05, 0) is 49.6 Å². The zero-order chi connectivity index (χ0) is 21.3. The molecule has 1 fully saturated rings. The molecule has 0 saturated carbocycles. The summed E-state index contributed by atoms with van der Waals surface area (Å²) in [6.45, 7) is 5.62. The van der Waals surface area contributed by atoms with Crippen molar-refractivity contribution < 1.29 is 13.2 Å². The summed E-state index contributed by atoms with van der Waals surface area (Å²) in [7, 11) is -3.03. The van der Waals surface area contributed by atoms with E-state index >= 15 is 0 Å². The molecular weight excluding hydrogens is 396 g/mol. The van der Waals surface area contributed by atoms with Crippen molar-refractivity contribution in [2.75, 3.05) is 18.1 Å². The molecule has 0 N–H and O–H groups in total. The Hall–Kier alpha value is -2.60. The van der Waals surface area contributed by atoms with E-state index in [1.165, 1.54) is 21.8 Å². The van der Waals surface area contributed by atoms with Crippen molar-refractivity contribution in [2.45, 2.75) is 39.3 Å². The van der Waals surface area contributed by atoms with Gasteiger partial charge in [-0.1, -0.05) is 31.2 Å². The molecule has 6 heteroatoms.